The summed E-state index contributed by atoms with van der Waals surface area (Å²) in [5, 5.41) is 20.6. The van der Waals surface area contributed by atoms with E-state index in [4.69, 9.17) is 5.26 Å². The minimum atomic E-state index is -0.690. The van der Waals surface area contributed by atoms with E-state index in [-0.39, 0.29) is 5.57 Å². The SMILES string of the molecule is CCn1cc(C2=C(c3cn(CCC#N)c4ccccc34)C(=O)N(CO)C2=O)c2ccccc21. The predicted octanol–water partition coefficient (Wildman–Crippen LogP) is 3.76. The fraction of sp³-hybridized carbons (Fsp3) is 0.192. The van der Waals surface area contributed by atoms with Crippen LogP contribution >= 0.6 is 0 Å². The lowest BCUT2D eigenvalue weighted by molar-refractivity contribution is -0.139. The van der Waals surface area contributed by atoms with Crippen LogP contribution in [0.3, 0.4) is 0 Å². The molecule has 2 aromatic carbocycles. The molecule has 1 aliphatic rings. The van der Waals surface area contributed by atoms with Crippen molar-refractivity contribution in [1.29, 1.82) is 5.26 Å². The molecule has 3 heterocycles. The van der Waals surface area contributed by atoms with Gasteiger partial charge in [-0.15, -0.1) is 0 Å². The molecule has 2 amide bonds. The highest BCUT2D eigenvalue weighted by molar-refractivity contribution is 6.50. The fourth-order valence-electron chi connectivity index (χ4n) is 4.71. The molecule has 0 atom stereocenters. The predicted molar refractivity (Wildman–Crippen MR) is 126 cm³/mol. The van der Waals surface area contributed by atoms with Gasteiger partial charge in [-0.05, 0) is 19.1 Å². The number of carbonyl (C=O) groups is 2. The van der Waals surface area contributed by atoms with Gasteiger partial charge in [-0.2, -0.15) is 5.26 Å². The van der Waals surface area contributed by atoms with Gasteiger partial charge in [0.25, 0.3) is 11.8 Å². The van der Waals surface area contributed by atoms with Gasteiger partial charge in [0.05, 0.1) is 23.6 Å². The number of fused-ring (bicyclic) bond motifs is 2. The number of nitrogens with zero attached hydrogens (tertiary/aromatic N) is 4. The largest absolute Gasteiger partial charge is 0.376 e. The summed E-state index contributed by atoms with van der Waals surface area (Å²) in [6, 6.07) is 17.6. The molecule has 7 nitrogen and oxygen atoms in total. The van der Waals surface area contributed by atoms with E-state index in [9.17, 15) is 14.7 Å². The minimum Gasteiger partial charge on any atom is -0.376 e. The highest BCUT2D eigenvalue weighted by atomic mass is 16.3. The Labute approximate surface area is 190 Å². The van der Waals surface area contributed by atoms with E-state index in [0.717, 1.165) is 26.7 Å². The monoisotopic (exact) mass is 438 g/mol. The van der Waals surface area contributed by atoms with E-state index in [1.54, 1.807) is 0 Å². The Morgan fingerprint density at radius 1 is 0.848 bits per heavy atom. The summed E-state index contributed by atoms with van der Waals surface area (Å²) in [7, 11) is 0. The van der Waals surface area contributed by atoms with E-state index >= 15 is 0 Å². The number of rotatable bonds is 6. The van der Waals surface area contributed by atoms with Gasteiger partial charge in [-0.25, -0.2) is 0 Å². The number of aliphatic hydroxyl groups excluding tert-OH is 1. The molecule has 0 fully saturated rings. The van der Waals surface area contributed by atoms with Crippen molar-refractivity contribution in [2.24, 2.45) is 0 Å². The first-order valence-corrected chi connectivity index (χ1v) is 10.9. The standard InChI is InChI=1S/C26H22N4O3/c1-2-28-14-19(17-8-3-5-10-21(17)28)23-24(26(33)30(16-31)25(23)32)20-15-29(13-7-12-27)22-11-6-4-9-18(20)22/h3-6,8-11,14-15,31H,2,7,13,16H2,1H3. The van der Waals surface area contributed by atoms with Gasteiger partial charge >= 0.3 is 0 Å². The minimum absolute atomic E-state index is 0.278. The summed E-state index contributed by atoms with van der Waals surface area (Å²) in [4.78, 5) is 27.7. The number of hydrogen-bond acceptors (Lipinski definition) is 4. The van der Waals surface area contributed by atoms with Crippen molar-refractivity contribution >= 4 is 44.8 Å². The highest BCUT2D eigenvalue weighted by Crippen LogP contribution is 2.41. The van der Waals surface area contributed by atoms with E-state index in [0.29, 0.717) is 36.2 Å². The highest BCUT2D eigenvalue weighted by Gasteiger charge is 2.41. The third kappa shape index (κ3) is 3.07. The third-order valence-corrected chi connectivity index (χ3v) is 6.23. The second kappa shape index (κ2) is 8.08. The van der Waals surface area contributed by atoms with E-state index in [2.05, 4.69) is 6.07 Å². The normalized spacial score (nSPS) is 14.2. The van der Waals surface area contributed by atoms with Gasteiger partial charge in [0.2, 0.25) is 0 Å². The van der Waals surface area contributed by atoms with Crippen LogP contribution < -0.4 is 0 Å². The molecule has 0 spiro atoms. The topological polar surface area (TPSA) is 91.3 Å². The maximum atomic E-state index is 13.4. The molecule has 0 aliphatic carbocycles. The van der Waals surface area contributed by atoms with Crippen LogP contribution in [-0.2, 0) is 22.7 Å². The Balaban J connectivity index is 1.84. The number of benzene rings is 2. The van der Waals surface area contributed by atoms with Crippen molar-refractivity contribution in [3.63, 3.8) is 0 Å². The van der Waals surface area contributed by atoms with Crippen LogP contribution in [-0.4, -0.2) is 37.7 Å². The third-order valence-electron chi connectivity index (χ3n) is 6.23. The summed E-state index contributed by atoms with van der Waals surface area (Å²) in [6.07, 6.45) is 4.06. The molecule has 7 heteroatoms. The Morgan fingerprint density at radius 3 is 1.88 bits per heavy atom. The van der Waals surface area contributed by atoms with Crippen LogP contribution in [0.25, 0.3) is 33.0 Å². The average Bonchev–Trinajstić information content (AvgIpc) is 3.47. The number of nitriles is 1. The van der Waals surface area contributed by atoms with E-state index in [1.807, 2.05) is 77.0 Å². The van der Waals surface area contributed by atoms with Crippen molar-refractivity contribution in [2.75, 3.05) is 6.73 Å². The van der Waals surface area contributed by atoms with Crippen LogP contribution in [0.2, 0.25) is 0 Å². The van der Waals surface area contributed by atoms with Crippen LogP contribution in [0.1, 0.15) is 24.5 Å². The molecule has 2 aromatic heterocycles. The van der Waals surface area contributed by atoms with Crippen LogP contribution in [0, 0.1) is 11.3 Å². The van der Waals surface area contributed by atoms with Crippen molar-refractivity contribution in [1.82, 2.24) is 14.0 Å². The Kier molecular flexibility index (Phi) is 5.08. The number of aryl methyl sites for hydroxylation is 2. The molecule has 0 radical (unpaired) electrons. The zero-order valence-electron chi connectivity index (χ0n) is 18.2. The molecular weight excluding hydrogens is 416 g/mol. The fourth-order valence-corrected chi connectivity index (χ4v) is 4.71. The first kappa shape index (κ1) is 20.7. The second-order valence-corrected chi connectivity index (χ2v) is 7.94. The van der Waals surface area contributed by atoms with E-state index in [1.165, 1.54) is 0 Å². The lowest BCUT2D eigenvalue weighted by atomic mass is 9.95. The van der Waals surface area contributed by atoms with Crippen LogP contribution in [0.15, 0.2) is 60.9 Å². The molecule has 1 aliphatic heterocycles. The van der Waals surface area contributed by atoms with Gasteiger partial charge in [0.1, 0.15) is 6.73 Å². The van der Waals surface area contributed by atoms with Gasteiger partial charge in [0.15, 0.2) is 0 Å². The van der Waals surface area contributed by atoms with Crippen LogP contribution in [0.5, 0.6) is 0 Å². The van der Waals surface area contributed by atoms with Gasteiger partial charge in [-0.1, -0.05) is 36.4 Å². The van der Waals surface area contributed by atoms with Crippen LogP contribution in [0.4, 0.5) is 0 Å². The van der Waals surface area contributed by atoms with Crippen molar-refractivity contribution in [2.45, 2.75) is 26.4 Å². The Hall–Kier alpha value is -4.15. The summed E-state index contributed by atoms with van der Waals surface area (Å²) in [5.74, 6) is -1.03. The number of imide groups is 1. The molecule has 0 unspecified atom stereocenters. The first-order valence-electron chi connectivity index (χ1n) is 10.9. The maximum Gasteiger partial charge on any atom is 0.264 e. The van der Waals surface area contributed by atoms with Crippen molar-refractivity contribution < 1.29 is 14.7 Å². The molecule has 0 saturated carbocycles. The summed E-state index contributed by atoms with van der Waals surface area (Å²) < 4.78 is 3.98. The number of carbonyl (C=O) groups excluding carboxylic acids is 2. The zero-order chi connectivity index (χ0) is 23.1. The lowest BCUT2D eigenvalue weighted by Crippen LogP contribution is -2.32. The first-order chi connectivity index (χ1) is 16.1. The van der Waals surface area contributed by atoms with Gasteiger partial charge in [-0.3, -0.25) is 14.5 Å². The number of aliphatic hydroxyl groups is 1. The summed E-state index contributed by atoms with van der Waals surface area (Å²) in [6.45, 7) is 2.52. The van der Waals surface area contributed by atoms with Crippen molar-refractivity contribution in [3.05, 3.63) is 72.1 Å². The summed E-state index contributed by atoms with van der Waals surface area (Å²) in [5.41, 5.74) is 3.72. The smallest absolute Gasteiger partial charge is 0.264 e. The summed E-state index contributed by atoms with van der Waals surface area (Å²) >= 11 is 0. The lowest BCUT2D eigenvalue weighted by Gasteiger charge is -2.10. The molecule has 33 heavy (non-hydrogen) atoms. The number of para-hydroxylation sites is 2. The van der Waals surface area contributed by atoms with Gasteiger partial charge < -0.3 is 14.2 Å². The maximum absolute atomic E-state index is 13.4. The molecule has 164 valence electrons. The molecule has 1 N–H and O–H groups in total. The van der Waals surface area contributed by atoms with E-state index < -0.39 is 18.5 Å². The quantitative estimate of drug-likeness (QED) is 0.464. The van der Waals surface area contributed by atoms with Crippen molar-refractivity contribution in [3.8, 4) is 6.07 Å². The number of aromatic nitrogens is 2. The molecule has 0 saturated heterocycles. The molecular formula is C26H22N4O3. The molecule has 5 rings (SSSR count). The molecule has 0 bridgehead atoms. The Morgan fingerprint density at radius 2 is 1.36 bits per heavy atom. The average molecular weight is 438 g/mol. The zero-order valence-corrected chi connectivity index (χ0v) is 18.2. The second-order valence-electron chi connectivity index (χ2n) is 7.94. The number of amides is 2. The number of hydrogen-bond donors (Lipinski definition) is 1. The Bertz CT molecular complexity index is 1500. The van der Waals surface area contributed by atoms with Gasteiger partial charge in [0, 0.05) is 58.4 Å². The molecule has 4 aromatic rings.